The fourth-order valence-electron chi connectivity index (χ4n) is 3.88. The molecule has 1 fully saturated rings. The summed E-state index contributed by atoms with van der Waals surface area (Å²) in [5.41, 5.74) is 6.80. The molecule has 3 aromatic rings. The van der Waals surface area contributed by atoms with E-state index in [0.717, 1.165) is 33.1 Å². The van der Waals surface area contributed by atoms with Crippen LogP contribution in [0.15, 0.2) is 60.3 Å². The summed E-state index contributed by atoms with van der Waals surface area (Å²) in [5, 5.41) is 5.30. The number of aromatic nitrogens is 1. The number of urea groups is 1. The Morgan fingerprint density at radius 1 is 0.939 bits per heavy atom. The van der Waals surface area contributed by atoms with Crippen LogP contribution < -0.4 is 10.6 Å². The van der Waals surface area contributed by atoms with Crippen LogP contribution in [-0.4, -0.2) is 33.9 Å². The smallest absolute Gasteiger partial charge is 0.325 e. The summed E-state index contributed by atoms with van der Waals surface area (Å²) >= 11 is 0. The first-order valence-electron chi connectivity index (χ1n) is 10.7. The summed E-state index contributed by atoms with van der Waals surface area (Å²) in [6.07, 6.45) is 1.66. The van der Waals surface area contributed by atoms with Gasteiger partial charge < -0.3 is 15.2 Å². The first-order chi connectivity index (χ1) is 15.7. The van der Waals surface area contributed by atoms with Crippen LogP contribution in [0, 0.1) is 27.7 Å². The van der Waals surface area contributed by atoms with E-state index in [0.29, 0.717) is 5.69 Å². The van der Waals surface area contributed by atoms with Gasteiger partial charge in [-0.1, -0.05) is 35.4 Å². The maximum absolute atomic E-state index is 12.9. The number of anilines is 1. The number of imide groups is 1. The molecule has 1 aliphatic rings. The summed E-state index contributed by atoms with van der Waals surface area (Å²) in [6.45, 7) is 7.58. The molecule has 0 spiro atoms. The summed E-state index contributed by atoms with van der Waals surface area (Å²) < 4.78 is 2.10. The lowest BCUT2D eigenvalue weighted by Crippen LogP contribution is -2.38. The molecule has 0 radical (unpaired) electrons. The van der Waals surface area contributed by atoms with E-state index in [1.807, 2.05) is 70.2 Å². The molecule has 168 valence electrons. The number of nitrogens with zero attached hydrogens (tertiary/aromatic N) is 2. The van der Waals surface area contributed by atoms with Crippen LogP contribution in [0.5, 0.6) is 0 Å². The SMILES string of the molecule is Cc1ccc(NC(=O)CN2C(=O)N/C(=C\c3cc(C)n(-c4ccc(C)cc4)c3C)C2=O)cc1. The Morgan fingerprint density at radius 3 is 2.18 bits per heavy atom. The van der Waals surface area contributed by atoms with E-state index in [1.165, 1.54) is 5.56 Å². The number of amides is 4. The molecule has 0 bridgehead atoms. The molecule has 0 saturated carbocycles. The average molecular weight is 443 g/mol. The summed E-state index contributed by atoms with van der Waals surface area (Å²) in [4.78, 5) is 38.5. The Labute approximate surface area is 192 Å². The lowest BCUT2D eigenvalue weighted by molar-refractivity contribution is -0.127. The van der Waals surface area contributed by atoms with Gasteiger partial charge in [0.15, 0.2) is 0 Å². The second kappa shape index (κ2) is 8.78. The third kappa shape index (κ3) is 4.57. The van der Waals surface area contributed by atoms with Gasteiger partial charge in [0.25, 0.3) is 5.91 Å². The Bertz CT molecular complexity index is 1270. The molecular weight excluding hydrogens is 416 g/mol. The van der Waals surface area contributed by atoms with Crippen molar-refractivity contribution in [1.29, 1.82) is 0 Å². The zero-order chi connectivity index (χ0) is 23.7. The topological polar surface area (TPSA) is 83.4 Å². The van der Waals surface area contributed by atoms with E-state index in [9.17, 15) is 14.4 Å². The standard InChI is InChI=1S/C26H26N4O3/c1-16-5-9-21(10-6-16)27-24(31)15-29-25(32)23(28-26(29)33)14-20-13-18(3)30(19(20)4)22-11-7-17(2)8-12-22/h5-14H,15H2,1-4H3,(H,27,31)(H,28,33)/b23-14-. The van der Waals surface area contributed by atoms with E-state index < -0.39 is 17.8 Å². The van der Waals surface area contributed by atoms with Gasteiger partial charge in [0.2, 0.25) is 5.91 Å². The van der Waals surface area contributed by atoms with Crippen molar-refractivity contribution in [2.24, 2.45) is 0 Å². The lowest BCUT2D eigenvalue weighted by Gasteiger charge is -2.12. The van der Waals surface area contributed by atoms with E-state index in [-0.39, 0.29) is 12.2 Å². The number of hydrogen-bond donors (Lipinski definition) is 2. The zero-order valence-electron chi connectivity index (χ0n) is 19.1. The fourth-order valence-corrected chi connectivity index (χ4v) is 3.88. The lowest BCUT2D eigenvalue weighted by atomic mass is 10.2. The molecule has 0 aliphatic carbocycles. The highest BCUT2D eigenvalue weighted by molar-refractivity contribution is 6.16. The van der Waals surface area contributed by atoms with E-state index in [4.69, 9.17) is 0 Å². The van der Waals surface area contributed by atoms with Crippen molar-refractivity contribution in [3.8, 4) is 5.69 Å². The van der Waals surface area contributed by atoms with Crippen LogP contribution in [-0.2, 0) is 9.59 Å². The number of rotatable bonds is 5. The fraction of sp³-hybridized carbons (Fsp3) is 0.192. The quantitative estimate of drug-likeness (QED) is 0.458. The van der Waals surface area contributed by atoms with Crippen molar-refractivity contribution in [1.82, 2.24) is 14.8 Å². The van der Waals surface area contributed by atoms with Crippen molar-refractivity contribution >= 4 is 29.6 Å². The molecule has 1 saturated heterocycles. The predicted octanol–water partition coefficient (Wildman–Crippen LogP) is 4.24. The third-order valence-electron chi connectivity index (χ3n) is 5.66. The Hall–Kier alpha value is -4.13. The van der Waals surface area contributed by atoms with Gasteiger partial charge in [0.1, 0.15) is 12.2 Å². The highest BCUT2D eigenvalue weighted by Gasteiger charge is 2.35. The summed E-state index contributed by atoms with van der Waals surface area (Å²) in [6, 6.07) is 16.8. The van der Waals surface area contributed by atoms with Crippen LogP contribution in [0.3, 0.4) is 0 Å². The third-order valence-corrected chi connectivity index (χ3v) is 5.66. The molecule has 7 heteroatoms. The molecule has 2 heterocycles. The monoisotopic (exact) mass is 442 g/mol. The van der Waals surface area contributed by atoms with Crippen molar-refractivity contribution in [2.45, 2.75) is 27.7 Å². The van der Waals surface area contributed by atoms with Gasteiger partial charge in [-0.15, -0.1) is 0 Å². The Balaban J connectivity index is 1.52. The van der Waals surface area contributed by atoms with Gasteiger partial charge in [-0.3, -0.25) is 9.59 Å². The molecule has 0 unspecified atom stereocenters. The molecule has 33 heavy (non-hydrogen) atoms. The van der Waals surface area contributed by atoms with Crippen molar-refractivity contribution in [2.75, 3.05) is 11.9 Å². The van der Waals surface area contributed by atoms with Crippen LogP contribution >= 0.6 is 0 Å². The van der Waals surface area contributed by atoms with Gasteiger partial charge in [0.05, 0.1) is 0 Å². The number of hydrogen-bond acceptors (Lipinski definition) is 3. The van der Waals surface area contributed by atoms with Crippen LogP contribution in [0.4, 0.5) is 10.5 Å². The number of carbonyl (C=O) groups is 3. The first kappa shape index (κ1) is 22.1. The molecule has 4 amide bonds. The maximum atomic E-state index is 12.9. The Morgan fingerprint density at radius 2 is 1.55 bits per heavy atom. The second-order valence-electron chi connectivity index (χ2n) is 8.29. The molecule has 2 aromatic carbocycles. The highest BCUT2D eigenvalue weighted by Crippen LogP contribution is 2.24. The molecule has 7 nitrogen and oxygen atoms in total. The minimum absolute atomic E-state index is 0.146. The highest BCUT2D eigenvalue weighted by atomic mass is 16.2. The number of nitrogens with one attached hydrogen (secondary N) is 2. The van der Waals surface area contributed by atoms with E-state index >= 15 is 0 Å². The van der Waals surface area contributed by atoms with Gasteiger partial charge in [-0.25, -0.2) is 9.69 Å². The number of aryl methyl sites for hydroxylation is 3. The van der Waals surface area contributed by atoms with E-state index in [1.54, 1.807) is 18.2 Å². The van der Waals surface area contributed by atoms with Crippen LogP contribution in [0.25, 0.3) is 11.8 Å². The van der Waals surface area contributed by atoms with Crippen molar-refractivity contribution < 1.29 is 14.4 Å². The van der Waals surface area contributed by atoms with Crippen molar-refractivity contribution in [3.63, 3.8) is 0 Å². The molecular formula is C26H26N4O3. The molecule has 1 aromatic heterocycles. The van der Waals surface area contributed by atoms with Gasteiger partial charge >= 0.3 is 6.03 Å². The minimum atomic E-state index is -0.613. The summed E-state index contributed by atoms with van der Waals surface area (Å²) in [7, 11) is 0. The van der Waals surface area contributed by atoms with Crippen LogP contribution in [0.2, 0.25) is 0 Å². The minimum Gasteiger partial charge on any atom is -0.325 e. The van der Waals surface area contributed by atoms with Gasteiger partial charge in [-0.2, -0.15) is 0 Å². The van der Waals surface area contributed by atoms with Gasteiger partial charge in [-0.05, 0) is 69.7 Å². The van der Waals surface area contributed by atoms with Crippen molar-refractivity contribution in [3.05, 3.63) is 88.4 Å². The first-order valence-corrected chi connectivity index (χ1v) is 10.7. The number of benzene rings is 2. The zero-order valence-corrected chi connectivity index (χ0v) is 19.1. The predicted molar refractivity (Wildman–Crippen MR) is 128 cm³/mol. The molecule has 0 atom stereocenters. The normalized spacial score (nSPS) is 14.7. The number of carbonyl (C=O) groups excluding carboxylic acids is 3. The second-order valence-corrected chi connectivity index (χ2v) is 8.29. The maximum Gasteiger partial charge on any atom is 0.329 e. The largest absolute Gasteiger partial charge is 0.329 e. The summed E-state index contributed by atoms with van der Waals surface area (Å²) in [5.74, 6) is -0.972. The molecule has 4 rings (SSSR count). The average Bonchev–Trinajstić information content (AvgIpc) is 3.20. The Kier molecular flexibility index (Phi) is 5.87. The molecule has 1 aliphatic heterocycles. The molecule has 2 N–H and O–H groups in total. The van der Waals surface area contributed by atoms with Gasteiger partial charge in [0, 0.05) is 22.8 Å². The van der Waals surface area contributed by atoms with Crippen LogP contribution in [0.1, 0.15) is 28.1 Å². The van der Waals surface area contributed by atoms with E-state index in [2.05, 4.69) is 15.2 Å².